The van der Waals surface area contributed by atoms with E-state index in [-0.39, 0.29) is 23.3 Å². The van der Waals surface area contributed by atoms with Crippen molar-refractivity contribution in [3.8, 4) is 0 Å². The summed E-state index contributed by atoms with van der Waals surface area (Å²) in [4.78, 5) is 12.1. The normalized spacial score (nSPS) is 16.6. The van der Waals surface area contributed by atoms with Crippen molar-refractivity contribution in [3.05, 3.63) is 70.0 Å². The van der Waals surface area contributed by atoms with Crippen LogP contribution in [0.3, 0.4) is 0 Å². The molecule has 1 aliphatic rings. The van der Waals surface area contributed by atoms with E-state index in [1.54, 1.807) is 12.1 Å². The maximum atomic E-state index is 13.3. The van der Waals surface area contributed by atoms with Crippen molar-refractivity contribution in [1.82, 2.24) is 9.62 Å². The minimum atomic E-state index is -4.11. The molecule has 0 spiro atoms. The number of nitro groups is 1. The molecule has 1 fully saturated rings. The van der Waals surface area contributed by atoms with Gasteiger partial charge >= 0.3 is 0 Å². The van der Waals surface area contributed by atoms with Gasteiger partial charge in [-0.1, -0.05) is 24.3 Å². The highest BCUT2D eigenvalue weighted by molar-refractivity contribution is 7.89. The van der Waals surface area contributed by atoms with Crippen LogP contribution < -0.4 is 4.72 Å². The Balaban J connectivity index is 1.85. The van der Waals surface area contributed by atoms with Crippen molar-refractivity contribution in [2.24, 2.45) is 0 Å². The van der Waals surface area contributed by atoms with Crippen molar-refractivity contribution in [2.75, 3.05) is 32.8 Å². The second kappa shape index (κ2) is 8.74. The molecule has 1 N–H and O–H groups in total. The number of hydrogen-bond donors (Lipinski definition) is 1. The number of ether oxygens (including phenoxy) is 1. The maximum absolute atomic E-state index is 13.3. The monoisotopic (exact) mass is 409 g/mol. The van der Waals surface area contributed by atoms with E-state index in [2.05, 4.69) is 4.72 Å². The fraction of sp³-hybridized carbons (Fsp3) is 0.333. The quantitative estimate of drug-likeness (QED) is 0.555. The van der Waals surface area contributed by atoms with E-state index < -0.39 is 20.6 Å². The number of benzene rings is 2. The van der Waals surface area contributed by atoms with Gasteiger partial charge in [-0.15, -0.1) is 0 Å². The summed E-state index contributed by atoms with van der Waals surface area (Å²) in [5, 5.41) is 11.2. The van der Waals surface area contributed by atoms with Gasteiger partial charge in [-0.25, -0.2) is 17.5 Å². The lowest BCUT2D eigenvalue weighted by Gasteiger charge is -2.34. The molecule has 1 atom stereocenters. The Morgan fingerprint density at radius 2 is 1.79 bits per heavy atom. The standard InChI is InChI=1S/C18H20FN3O5S/c19-15-7-5-14(6-8-15)17(21-9-11-27-12-10-21)13-20-28(25,26)18-4-2-1-3-16(18)22(23)24/h1-8,17,20H,9-13H2. The Kier molecular flexibility index (Phi) is 6.35. The van der Waals surface area contributed by atoms with Gasteiger partial charge in [-0.2, -0.15) is 0 Å². The lowest BCUT2D eigenvalue weighted by molar-refractivity contribution is -0.387. The molecule has 1 heterocycles. The lowest BCUT2D eigenvalue weighted by atomic mass is 10.0. The number of sulfonamides is 1. The molecule has 2 aromatic carbocycles. The van der Waals surface area contributed by atoms with Crippen molar-refractivity contribution >= 4 is 15.7 Å². The van der Waals surface area contributed by atoms with Crippen LogP contribution in [0.2, 0.25) is 0 Å². The van der Waals surface area contributed by atoms with Gasteiger partial charge in [0.25, 0.3) is 5.69 Å². The molecule has 0 saturated carbocycles. The summed E-state index contributed by atoms with van der Waals surface area (Å²) in [6.07, 6.45) is 0. The van der Waals surface area contributed by atoms with Crippen molar-refractivity contribution in [3.63, 3.8) is 0 Å². The van der Waals surface area contributed by atoms with Gasteiger partial charge in [0.05, 0.1) is 18.1 Å². The highest BCUT2D eigenvalue weighted by Gasteiger charge is 2.28. The molecule has 1 unspecified atom stereocenters. The smallest absolute Gasteiger partial charge is 0.289 e. The number of rotatable bonds is 7. The molecule has 8 nitrogen and oxygen atoms in total. The zero-order chi connectivity index (χ0) is 20.1. The molecule has 2 aromatic rings. The van der Waals surface area contributed by atoms with Gasteiger partial charge in [-0.05, 0) is 23.8 Å². The van der Waals surface area contributed by atoms with Crippen LogP contribution in [0, 0.1) is 15.9 Å². The van der Waals surface area contributed by atoms with Crippen LogP contribution >= 0.6 is 0 Å². The number of hydrogen-bond acceptors (Lipinski definition) is 6. The van der Waals surface area contributed by atoms with Gasteiger partial charge in [0.1, 0.15) is 5.82 Å². The van der Waals surface area contributed by atoms with E-state index in [9.17, 15) is 22.9 Å². The van der Waals surface area contributed by atoms with Crippen LogP contribution in [-0.4, -0.2) is 51.1 Å². The van der Waals surface area contributed by atoms with Crippen molar-refractivity contribution in [2.45, 2.75) is 10.9 Å². The van der Waals surface area contributed by atoms with Gasteiger partial charge < -0.3 is 4.74 Å². The minimum Gasteiger partial charge on any atom is -0.379 e. The van der Waals surface area contributed by atoms with E-state index in [0.717, 1.165) is 11.6 Å². The largest absolute Gasteiger partial charge is 0.379 e. The zero-order valence-corrected chi connectivity index (χ0v) is 15.8. The second-order valence-corrected chi connectivity index (χ2v) is 8.03. The summed E-state index contributed by atoms with van der Waals surface area (Å²) in [7, 11) is -4.11. The molecule has 28 heavy (non-hydrogen) atoms. The molecular formula is C18H20FN3O5S. The Hall–Kier alpha value is -2.40. The number of nitrogens with zero attached hydrogens (tertiary/aromatic N) is 2. The van der Waals surface area contributed by atoms with E-state index in [1.807, 2.05) is 4.90 Å². The molecule has 0 amide bonds. The van der Waals surface area contributed by atoms with E-state index in [0.29, 0.717) is 26.3 Å². The number of morpholine rings is 1. The molecule has 1 saturated heterocycles. The fourth-order valence-corrected chi connectivity index (χ4v) is 4.34. The van der Waals surface area contributed by atoms with E-state index in [4.69, 9.17) is 4.74 Å². The summed E-state index contributed by atoms with van der Waals surface area (Å²) in [6, 6.07) is 10.7. The first-order valence-corrected chi connectivity index (χ1v) is 10.2. The van der Waals surface area contributed by atoms with Crippen LogP contribution in [0.15, 0.2) is 53.4 Å². The average Bonchev–Trinajstić information content (AvgIpc) is 2.70. The summed E-state index contributed by atoms with van der Waals surface area (Å²) < 4.78 is 46.5. The summed E-state index contributed by atoms with van der Waals surface area (Å²) >= 11 is 0. The van der Waals surface area contributed by atoms with Crippen molar-refractivity contribution in [1.29, 1.82) is 0 Å². The number of nitrogens with one attached hydrogen (secondary N) is 1. The highest BCUT2D eigenvalue weighted by Crippen LogP contribution is 2.25. The number of para-hydroxylation sites is 1. The Morgan fingerprint density at radius 1 is 1.14 bits per heavy atom. The third-order valence-corrected chi connectivity index (χ3v) is 6.03. The van der Waals surface area contributed by atoms with Crippen LogP contribution in [0.25, 0.3) is 0 Å². The van der Waals surface area contributed by atoms with Gasteiger partial charge in [0, 0.05) is 31.7 Å². The predicted molar refractivity (Wildman–Crippen MR) is 99.8 cm³/mol. The molecule has 0 radical (unpaired) electrons. The lowest BCUT2D eigenvalue weighted by Crippen LogP contribution is -2.43. The third-order valence-electron chi connectivity index (χ3n) is 4.56. The molecular weight excluding hydrogens is 389 g/mol. The van der Waals surface area contributed by atoms with Crippen LogP contribution in [0.4, 0.5) is 10.1 Å². The molecule has 0 aliphatic carbocycles. The first kappa shape index (κ1) is 20.3. The number of nitro benzene ring substituents is 1. The first-order valence-electron chi connectivity index (χ1n) is 8.69. The second-order valence-electron chi connectivity index (χ2n) is 6.29. The minimum absolute atomic E-state index is 0.0139. The fourth-order valence-electron chi connectivity index (χ4n) is 3.13. The molecule has 150 valence electrons. The molecule has 0 bridgehead atoms. The molecule has 0 aromatic heterocycles. The summed E-state index contributed by atoms with van der Waals surface area (Å²) in [5.41, 5.74) is 0.258. The van der Waals surface area contributed by atoms with Gasteiger partial charge in [0.15, 0.2) is 4.90 Å². The van der Waals surface area contributed by atoms with Gasteiger partial charge in [0.2, 0.25) is 10.0 Å². The Labute approximate surface area is 162 Å². The summed E-state index contributed by atoms with van der Waals surface area (Å²) in [5.74, 6) is -0.384. The Bertz CT molecular complexity index is 930. The van der Waals surface area contributed by atoms with Crippen LogP contribution in [0.1, 0.15) is 11.6 Å². The first-order chi connectivity index (χ1) is 13.4. The third kappa shape index (κ3) is 4.71. The maximum Gasteiger partial charge on any atom is 0.289 e. The van der Waals surface area contributed by atoms with Crippen LogP contribution in [0.5, 0.6) is 0 Å². The predicted octanol–water partition coefficient (Wildman–Crippen LogP) is 2.09. The highest BCUT2D eigenvalue weighted by atomic mass is 32.2. The molecule has 10 heteroatoms. The zero-order valence-electron chi connectivity index (χ0n) is 15.0. The Morgan fingerprint density at radius 3 is 2.43 bits per heavy atom. The average molecular weight is 409 g/mol. The summed E-state index contributed by atoms with van der Waals surface area (Å²) in [6.45, 7) is 2.19. The molecule has 1 aliphatic heterocycles. The van der Waals surface area contributed by atoms with Crippen molar-refractivity contribution < 1.29 is 22.5 Å². The van der Waals surface area contributed by atoms with E-state index in [1.165, 1.54) is 30.3 Å². The topological polar surface area (TPSA) is 102 Å². The van der Waals surface area contributed by atoms with E-state index >= 15 is 0 Å². The molecule has 3 rings (SSSR count). The van der Waals surface area contributed by atoms with Gasteiger partial charge in [-0.3, -0.25) is 15.0 Å². The van der Waals surface area contributed by atoms with Crippen LogP contribution in [-0.2, 0) is 14.8 Å². The SMILES string of the molecule is O=[N+]([O-])c1ccccc1S(=O)(=O)NCC(c1ccc(F)cc1)N1CCOCC1. The number of halogens is 1.